The van der Waals surface area contributed by atoms with Crippen molar-refractivity contribution in [1.82, 2.24) is 0 Å². The molecule has 20 atom stereocenters. The zero-order chi connectivity index (χ0) is 34.8. The topological polar surface area (TPSA) is 43.4 Å². The van der Waals surface area contributed by atoms with Crippen LogP contribution in [-0.4, -0.2) is 107 Å². The molecule has 20 unspecified atom stereocenters. The van der Waals surface area contributed by atoms with Crippen LogP contribution in [0.5, 0.6) is 0 Å². The normalized spacial score (nSPS) is 55.5. The van der Waals surface area contributed by atoms with Crippen LogP contribution in [0.3, 0.4) is 0 Å². The molecule has 0 amide bonds. The Morgan fingerprint density at radius 2 is 0.778 bits per heavy atom. The van der Waals surface area contributed by atoms with Gasteiger partial charge in [0.2, 0.25) is 0 Å². The second-order valence-corrected chi connectivity index (χ2v) is 25.2. The van der Waals surface area contributed by atoms with Crippen LogP contribution in [-0.2, 0) is 18.9 Å². The van der Waals surface area contributed by atoms with E-state index in [-0.39, 0.29) is 15.8 Å². The fraction of sp³-hybridized carbons (Fsp3) is 0.739. The van der Waals surface area contributed by atoms with Crippen molar-refractivity contribution in [3.05, 3.63) is 60.7 Å². The van der Waals surface area contributed by atoms with Gasteiger partial charge in [-0.2, -0.15) is 0 Å². The molecule has 54 heavy (non-hydrogen) atoms. The number of ether oxygens (including phenoxy) is 4. The summed E-state index contributed by atoms with van der Waals surface area (Å²) in [4.78, 5) is 5.92. The first-order valence-electron chi connectivity index (χ1n) is 22.6. The van der Waals surface area contributed by atoms with Crippen molar-refractivity contribution in [3.63, 3.8) is 0 Å². The van der Waals surface area contributed by atoms with Crippen LogP contribution >= 0.6 is 15.8 Å². The Morgan fingerprint density at radius 1 is 0.407 bits per heavy atom. The first kappa shape index (κ1) is 32.7. The summed E-state index contributed by atoms with van der Waals surface area (Å²) in [6, 6.07) is 25.6. The highest BCUT2D eigenvalue weighted by molar-refractivity contribution is 7.61. The maximum absolute atomic E-state index is 7.87. The molecule has 6 aliphatic heterocycles. The average molecular weight is 765 g/mol. The molecule has 2 aromatic carbocycles. The number of anilines is 2. The molecular weight excluding hydrogens is 706 g/mol. The monoisotopic (exact) mass is 764 g/mol. The molecule has 0 aromatic heterocycles. The standard InChI is InChI=1S/C46H58N2O4P2/c1-3-11-26(12-4-1)47-28-15-7-19-32-41(28)53-43-30(47)17-9-21-34(43)51-39-38-25(23-36(49-32)45(39)53)24-37-46-40(38)52-35-22-10-18-31-44(35)54(46)42-29(16-8-20-33(42)50-37)48(31)27-13-5-2-6-14-27/h1-6,11-14,25,28-46H,7-10,15-24H2. The fourth-order valence-corrected chi connectivity index (χ4v) is 26.5. The molecule has 8 heteroatoms. The van der Waals surface area contributed by atoms with Gasteiger partial charge < -0.3 is 28.7 Å². The van der Waals surface area contributed by atoms with E-state index in [1.165, 1.54) is 101 Å². The molecular formula is C46H58N2O4P2. The Bertz CT molecular complexity index is 1620. The van der Waals surface area contributed by atoms with Gasteiger partial charge in [-0.15, -0.1) is 0 Å². The first-order valence-corrected chi connectivity index (χ1v) is 25.7. The molecule has 0 radical (unpaired) electrons. The molecule has 12 aliphatic rings. The van der Waals surface area contributed by atoms with Gasteiger partial charge >= 0.3 is 0 Å². The fourth-order valence-electron chi connectivity index (χ4n) is 16.6. The van der Waals surface area contributed by atoms with Gasteiger partial charge in [-0.05, 0) is 120 Å². The third-order valence-corrected chi connectivity index (χ3v) is 25.9. The van der Waals surface area contributed by atoms with Crippen molar-refractivity contribution in [2.75, 3.05) is 9.80 Å². The van der Waals surface area contributed by atoms with E-state index >= 15 is 0 Å². The van der Waals surface area contributed by atoms with Gasteiger partial charge in [-0.3, -0.25) is 0 Å². The van der Waals surface area contributed by atoms with Crippen LogP contribution in [0.15, 0.2) is 60.7 Å². The summed E-state index contributed by atoms with van der Waals surface area (Å²) in [7, 11) is -0.419. The smallest absolute Gasteiger partial charge is 0.0727 e. The lowest BCUT2D eigenvalue weighted by Crippen LogP contribution is -2.78. The van der Waals surface area contributed by atoms with Gasteiger partial charge in [0.15, 0.2) is 0 Å². The number of rotatable bonds is 2. The van der Waals surface area contributed by atoms with Crippen molar-refractivity contribution in [3.8, 4) is 0 Å². The molecule has 0 N–H and O–H groups in total. The molecule has 6 aliphatic carbocycles. The van der Waals surface area contributed by atoms with E-state index in [4.69, 9.17) is 18.9 Å². The predicted octanol–water partition coefficient (Wildman–Crippen LogP) is 8.52. The molecule has 6 saturated carbocycles. The van der Waals surface area contributed by atoms with Crippen molar-refractivity contribution in [1.29, 1.82) is 0 Å². The Morgan fingerprint density at radius 3 is 1.17 bits per heavy atom. The summed E-state index contributed by atoms with van der Waals surface area (Å²) in [6.45, 7) is 0. The zero-order valence-corrected chi connectivity index (χ0v) is 33.4. The molecule has 0 bridgehead atoms. The quantitative estimate of drug-likeness (QED) is 0.286. The number of hydrogen-bond donors (Lipinski definition) is 0. The summed E-state index contributed by atoms with van der Waals surface area (Å²) >= 11 is 0. The van der Waals surface area contributed by atoms with Crippen molar-refractivity contribution >= 4 is 27.2 Å². The maximum Gasteiger partial charge on any atom is 0.0727 e. The summed E-state index contributed by atoms with van der Waals surface area (Å²) in [5.41, 5.74) is 6.88. The van der Waals surface area contributed by atoms with E-state index in [0.29, 0.717) is 119 Å². The lowest BCUT2D eigenvalue weighted by Gasteiger charge is -2.73. The number of benzene rings is 2. The Balaban J connectivity index is 0.866. The van der Waals surface area contributed by atoms with Gasteiger partial charge in [0.25, 0.3) is 0 Å². The number of fused-ring (bicyclic) bond motifs is 3. The Labute approximate surface area is 324 Å². The summed E-state index contributed by atoms with van der Waals surface area (Å²) in [5, 5.41) is 0. The molecule has 6 nitrogen and oxygen atoms in total. The predicted molar refractivity (Wildman–Crippen MR) is 216 cm³/mol. The summed E-state index contributed by atoms with van der Waals surface area (Å²) in [6.07, 6.45) is 21.2. The highest BCUT2D eigenvalue weighted by Crippen LogP contribution is 2.76. The minimum Gasteiger partial charge on any atom is -0.373 e. The van der Waals surface area contributed by atoms with Crippen molar-refractivity contribution in [2.45, 2.75) is 197 Å². The third-order valence-electron chi connectivity index (χ3n) is 17.8. The lowest BCUT2D eigenvalue weighted by molar-refractivity contribution is -0.223. The summed E-state index contributed by atoms with van der Waals surface area (Å²) < 4.78 is 30.8. The van der Waals surface area contributed by atoms with Crippen LogP contribution in [0.4, 0.5) is 11.4 Å². The lowest BCUT2D eigenvalue weighted by atomic mass is 9.64. The van der Waals surface area contributed by atoms with Gasteiger partial charge in [0, 0.05) is 75.4 Å². The number of hydrogen-bond acceptors (Lipinski definition) is 6. The number of nitrogens with zero attached hydrogens (tertiary/aromatic N) is 2. The molecule has 0 spiro atoms. The summed E-state index contributed by atoms with van der Waals surface area (Å²) in [5.74, 6) is 1.12. The van der Waals surface area contributed by atoms with Crippen molar-refractivity contribution < 1.29 is 18.9 Å². The second-order valence-electron chi connectivity index (χ2n) is 19.8. The van der Waals surface area contributed by atoms with Crippen LogP contribution < -0.4 is 9.80 Å². The van der Waals surface area contributed by atoms with E-state index < -0.39 is 0 Å². The van der Waals surface area contributed by atoms with Gasteiger partial charge in [0.1, 0.15) is 0 Å². The number of para-hydroxylation sites is 2. The highest BCUT2D eigenvalue weighted by Gasteiger charge is 2.73. The SMILES string of the molecule is c1ccc(N2C3CCCC4OC5CC6CC7OC8CCCC9C8P8C7C(OC7CCCC(C78)N9c7ccccc7)C6C6OC7CCCC2C7P(C56)C43)cc1. The van der Waals surface area contributed by atoms with Crippen LogP contribution in [0.25, 0.3) is 0 Å². The van der Waals surface area contributed by atoms with Crippen LogP contribution in [0.1, 0.15) is 89.9 Å². The van der Waals surface area contributed by atoms with Gasteiger partial charge in [0.05, 0.1) is 48.8 Å². The van der Waals surface area contributed by atoms with Crippen LogP contribution in [0, 0.1) is 11.8 Å². The van der Waals surface area contributed by atoms with Gasteiger partial charge in [-0.1, -0.05) is 52.2 Å². The maximum atomic E-state index is 7.87. The second kappa shape index (κ2) is 12.1. The molecule has 6 saturated heterocycles. The minimum absolute atomic E-state index is 0.209. The van der Waals surface area contributed by atoms with E-state index in [0.717, 1.165) is 0 Å². The molecule has 286 valence electrons. The zero-order valence-electron chi connectivity index (χ0n) is 31.6. The first-order chi connectivity index (χ1) is 26.8. The van der Waals surface area contributed by atoms with E-state index in [9.17, 15) is 0 Å². The van der Waals surface area contributed by atoms with E-state index in [2.05, 4.69) is 70.5 Å². The molecule has 14 rings (SSSR count). The minimum atomic E-state index is -0.209. The van der Waals surface area contributed by atoms with Crippen LogP contribution in [0.2, 0.25) is 0 Å². The Hall–Kier alpha value is -1.26. The molecule has 12 fully saturated rings. The largest absolute Gasteiger partial charge is 0.373 e. The Kier molecular flexibility index (Phi) is 7.35. The molecule has 2 aromatic rings. The average Bonchev–Trinajstić information content (AvgIpc) is 3.21. The van der Waals surface area contributed by atoms with Gasteiger partial charge in [-0.25, -0.2) is 0 Å². The third kappa shape index (κ3) is 4.31. The molecule has 6 heterocycles. The van der Waals surface area contributed by atoms with E-state index in [1.807, 2.05) is 0 Å². The van der Waals surface area contributed by atoms with Crippen molar-refractivity contribution in [2.24, 2.45) is 11.8 Å². The highest BCUT2D eigenvalue weighted by atomic mass is 31.1. The van der Waals surface area contributed by atoms with E-state index in [1.54, 1.807) is 0 Å².